The zero-order valence-corrected chi connectivity index (χ0v) is 12.4. The minimum atomic E-state index is 0.0857. The van der Waals surface area contributed by atoms with E-state index in [1.54, 1.807) is 17.7 Å². The first-order valence-electron chi connectivity index (χ1n) is 6.02. The lowest BCUT2D eigenvalue weighted by Gasteiger charge is -2.32. The summed E-state index contributed by atoms with van der Waals surface area (Å²) in [6.07, 6.45) is 1.63. The summed E-state index contributed by atoms with van der Waals surface area (Å²) in [7, 11) is 4.18. The molecule has 0 fully saturated rings. The summed E-state index contributed by atoms with van der Waals surface area (Å²) >= 11 is 1.70. The van der Waals surface area contributed by atoms with Gasteiger partial charge in [0, 0.05) is 17.0 Å². The van der Waals surface area contributed by atoms with Gasteiger partial charge in [0.2, 0.25) is 0 Å². The average molecular weight is 264 g/mol. The molecule has 0 aromatic carbocycles. The van der Waals surface area contributed by atoms with Gasteiger partial charge < -0.3 is 10.2 Å². The molecule has 0 saturated carbocycles. The van der Waals surface area contributed by atoms with Crippen LogP contribution in [0.2, 0.25) is 0 Å². The third kappa shape index (κ3) is 2.62. The SMILES string of the molecule is Cc1cc2c(NCC(C)(C)N(C)C)ncnc2s1. The first-order valence-corrected chi connectivity index (χ1v) is 6.84. The molecule has 2 heterocycles. The van der Waals surface area contributed by atoms with E-state index in [1.807, 2.05) is 0 Å². The molecule has 0 aliphatic rings. The van der Waals surface area contributed by atoms with Crippen LogP contribution in [0.25, 0.3) is 10.2 Å². The summed E-state index contributed by atoms with van der Waals surface area (Å²) in [5.74, 6) is 0.930. The Morgan fingerprint density at radius 3 is 2.72 bits per heavy atom. The van der Waals surface area contributed by atoms with Crippen molar-refractivity contribution in [1.29, 1.82) is 0 Å². The Labute approximate surface area is 112 Å². The molecule has 0 radical (unpaired) electrons. The second-order valence-corrected chi connectivity index (χ2v) is 6.59. The van der Waals surface area contributed by atoms with E-state index in [0.29, 0.717) is 0 Å². The second-order valence-electron chi connectivity index (χ2n) is 5.36. The Kier molecular flexibility index (Phi) is 3.54. The number of rotatable bonds is 4. The summed E-state index contributed by atoms with van der Waals surface area (Å²) in [5.41, 5.74) is 0.0857. The van der Waals surface area contributed by atoms with Crippen molar-refractivity contribution >= 4 is 27.4 Å². The van der Waals surface area contributed by atoms with Crippen LogP contribution >= 0.6 is 11.3 Å². The molecule has 2 aromatic rings. The number of aromatic nitrogens is 2. The minimum Gasteiger partial charge on any atom is -0.368 e. The lowest BCUT2D eigenvalue weighted by atomic mass is 10.0. The largest absolute Gasteiger partial charge is 0.368 e. The molecule has 2 rings (SSSR count). The summed E-state index contributed by atoms with van der Waals surface area (Å²) < 4.78 is 0. The molecule has 0 atom stereocenters. The van der Waals surface area contributed by atoms with E-state index in [0.717, 1.165) is 22.6 Å². The van der Waals surface area contributed by atoms with Crippen LogP contribution in [-0.4, -0.2) is 41.0 Å². The molecule has 4 nitrogen and oxygen atoms in total. The van der Waals surface area contributed by atoms with Crippen LogP contribution in [0.1, 0.15) is 18.7 Å². The van der Waals surface area contributed by atoms with Crippen molar-refractivity contribution in [2.45, 2.75) is 26.3 Å². The van der Waals surface area contributed by atoms with Gasteiger partial charge >= 0.3 is 0 Å². The van der Waals surface area contributed by atoms with E-state index in [4.69, 9.17) is 0 Å². The number of anilines is 1. The predicted molar refractivity (Wildman–Crippen MR) is 78.4 cm³/mol. The summed E-state index contributed by atoms with van der Waals surface area (Å²) in [5, 5.41) is 4.56. The predicted octanol–water partition coefficient (Wildman–Crippen LogP) is 2.75. The molecular weight excluding hydrogens is 244 g/mol. The first kappa shape index (κ1) is 13.2. The molecule has 0 aliphatic carbocycles. The van der Waals surface area contributed by atoms with E-state index in [2.05, 4.69) is 61.1 Å². The number of likely N-dealkylation sites (N-methyl/N-ethyl adjacent to an activating group) is 1. The molecule has 98 valence electrons. The molecule has 0 bridgehead atoms. The lowest BCUT2D eigenvalue weighted by molar-refractivity contribution is 0.210. The van der Waals surface area contributed by atoms with E-state index < -0.39 is 0 Å². The van der Waals surface area contributed by atoms with Crippen LogP contribution in [0.3, 0.4) is 0 Å². The first-order chi connectivity index (χ1) is 8.40. The summed E-state index contributed by atoms with van der Waals surface area (Å²) in [4.78, 5) is 13.2. The molecule has 0 aliphatic heterocycles. The van der Waals surface area contributed by atoms with Crippen LogP contribution < -0.4 is 5.32 Å². The number of fused-ring (bicyclic) bond motifs is 1. The Hall–Kier alpha value is -1.20. The maximum atomic E-state index is 4.35. The number of hydrogen-bond acceptors (Lipinski definition) is 5. The van der Waals surface area contributed by atoms with Crippen molar-refractivity contribution in [3.05, 3.63) is 17.3 Å². The fraction of sp³-hybridized carbons (Fsp3) is 0.538. The van der Waals surface area contributed by atoms with Gasteiger partial charge in [-0.05, 0) is 40.9 Å². The summed E-state index contributed by atoms with van der Waals surface area (Å²) in [6.45, 7) is 7.36. The maximum Gasteiger partial charge on any atom is 0.138 e. The number of thiophene rings is 1. The quantitative estimate of drug-likeness (QED) is 0.922. The van der Waals surface area contributed by atoms with Crippen molar-refractivity contribution in [2.75, 3.05) is 26.0 Å². The van der Waals surface area contributed by atoms with Crippen molar-refractivity contribution in [1.82, 2.24) is 14.9 Å². The van der Waals surface area contributed by atoms with Crippen molar-refractivity contribution in [2.24, 2.45) is 0 Å². The minimum absolute atomic E-state index is 0.0857. The summed E-state index contributed by atoms with van der Waals surface area (Å²) in [6, 6.07) is 2.14. The Balaban J connectivity index is 2.22. The smallest absolute Gasteiger partial charge is 0.138 e. The Morgan fingerprint density at radius 1 is 1.33 bits per heavy atom. The molecule has 0 amide bonds. The van der Waals surface area contributed by atoms with Gasteiger partial charge in [0.05, 0.1) is 5.39 Å². The highest BCUT2D eigenvalue weighted by Crippen LogP contribution is 2.27. The van der Waals surface area contributed by atoms with Crippen LogP contribution in [0.15, 0.2) is 12.4 Å². The topological polar surface area (TPSA) is 41.0 Å². The molecule has 0 saturated heterocycles. The van der Waals surface area contributed by atoms with Gasteiger partial charge in [0.15, 0.2) is 0 Å². The molecule has 0 spiro atoms. The van der Waals surface area contributed by atoms with Gasteiger partial charge in [-0.1, -0.05) is 0 Å². The zero-order valence-electron chi connectivity index (χ0n) is 11.6. The van der Waals surface area contributed by atoms with E-state index in [-0.39, 0.29) is 5.54 Å². The fourth-order valence-corrected chi connectivity index (χ4v) is 2.42. The van der Waals surface area contributed by atoms with Gasteiger partial charge in [-0.15, -0.1) is 11.3 Å². The second kappa shape index (κ2) is 4.82. The van der Waals surface area contributed by atoms with Crippen molar-refractivity contribution in [3.63, 3.8) is 0 Å². The van der Waals surface area contributed by atoms with E-state index >= 15 is 0 Å². The van der Waals surface area contributed by atoms with Crippen molar-refractivity contribution < 1.29 is 0 Å². The number of aryl methyl sites for hydroxylation is 1. The maximum absolute atomic E-state index is 4.35. The van der Waals surface area contributed by atoms with Crippen molar-refractivity contribution in [3.8, 4) is 0 Å². The number of hydrogen-bond donors (Lipinski definition) is 1. The molecule has 2 aromatic heterocycles. The number of nitrogens with one attached hydrogen (secondary N) is 1. The van der Waals surface area contributed by atoms with Gasteiger partial charge in [-0.3, -0.25) is 0 Å². The van der Waals surface area contributed by atoms with Crippen LogP contribution in [0, 0.1) is 6.92 Å². The molecule has 0 unspecified atom stereocenters. The highest BCUT2D eigenvalue weighted by molar-refractivity contribution is 7.18. The standard InChI is InChI=1S/C13H20N4S/c1-9-6-10-11(15-8-16-12(10)18-9)14-7-13(2,3)17(4)5/h6,8H,7H2,1-5H3,(H,14,15,16). The molecule has 5 heteroatoms. The highest BCUT2D eigenvalue weighted by atomic mass is 32.1. The number of nitrogens with zero attached hydrogens (tertiary/aromatic N) is 3. The molecule has 18 heavy (non-hydrogen) atoms. The highest BCUT2D eigenvalue weighted by Gasteiger charge is 2.20. The zero-order chi connectivity index (χ0) is 13.3. The Bertz CT molecular complexity index is 545. The monoisotopic (exact) mass is 264 g/mol. The third-order valence-electron chi connectivity index (χ3n) is 3.35. The van der Waals surface area contributed by atoms with Gasteiger partial charge in [-0.2, -0.15) is 0 Å². The fourth-order valence-electron chi connectivity index (χ4n) is 1.58. The van der Waals surface area contributed by atoms with Crippen LogP contribution in [0.4, 0.5) is 5.82 Å². The normalized spacial score (nSPS) is 12.3. The molecular formula is C13H20N4S. The lowest BCUT2D eigenvalue weighted by Crippen LogP contribution is -2.44. The van der Waals surface area contributed by atoms with E-state index in [1.165, 1.54) is 4.88 Å². The van der Waals surface area contributed by atoms with Crippen LogP contribution in [0.5, 0.6) is 0 Å². The van der Waals surface area contributed by atoms with E-state index in [9.17, 15) is 0 Å². The van der Waals surface area contributed by atoms with Gasteiger partial charge in [-0.25, -0.2) is 9.97 Å². The van der Waals surface area contributed by atoms with Gasteiger partial charge in [0.25, 0.3) is 0 Å². The molecule has 1 N–H and O–H groups in total. The Morgan fingerprint density at radius 2 is 2.06 bits per heavy atom. The third-order valence-corrected chi connectivity index (χ3v) is 4.31. The van der Waals surface area contributed by atoms with Crippen LogP contribution in [-0.2, 0) is 0 Å². The average Bonchev–Trinajstić information content (AvgIpc) is 2.66. The van der Waals surface area contributed by atoms with Gasteiger partial charge in [0.1, 0.15) is 17.0 Å².